The number of methoxy groups -OCH3 is 2. The Kier molecular flexibility index (Phi) is 6.41. The summed E-state index contributed by atoms with van der Waals surface area (Å²) in [6.07, 6.45) is 0. The van der Waals surface area contributed by atoms with Gasteiger partial charge >= 0.3 is 0 Å². The van der Waals surface area contributed by atoms with Crippen molar-refractivity contribution in [2.45, 2.75) is 0 Å². The van der Waals surface area contributed by atoms with Gasteiger partial charge in [-0.3, -0.25) is 0 Å². The molecule has 0 saturated heterocycles. The van der Waals surface area contributed by atoms with Crippen molar-refractivity contribution in [2.24, 2.45) is 0 Å². The molecule has 3 aromatic rings. The van der Waals surface area contributed by atoms with E-state index in [0.29, 0.717) is 14.9 Å². The summed E-state index contributed by atoms with van der Waals surface area (Å²) < 4.78 is 11.0. The molecule has 0 saturated carbocycles. The second kappa shape index (κ2) is 9.16. The molecule has 136 valence electrons. The molecule has 0 fully saturated rings. The van der Waals surface area contributed by atoms with Crippen LogP contribution in [-0.2, 0) is 0 Å². The molecule has 0 radical (unpaired) electrons. The number of ether oxygens (including phenoxy) is 2. The predicted octanol–water partition coefficient (Wildman–Crippen LogP) is 5.20. The maximum Gasteiger partial charge on any atom is 0.118 e. The lowest BCUT2D eigenvalue weighted by Gasteiger charge is -1.97. The van der Waals surface area contributed by atoms with Crippen LogP contribution >= 0.6 is 27.3 Å². The maximum atomic E-state index is 9.50. The van der Waals surface area contributed by atoms with E-state index in [9.17, 15) is 5.26 Å². The van der Waals surface area contributed by atoms with Crippen LogP contribution < -0.4 is 9.47 Å². The Labute approximate surface area is 176 Å². The Bertz CT molecular complexity index is 1150. The first kappa shape index (κ1) is 19.6. The normalized spacial score (nSPS) is 9.36. The van der Waals surface area contributed by atoms with Gasteiger partial charge in [0.1, 0.15) is 17.6 Å². The second-order valence-electron chi connectivity index (χ2n) is 5.52. The zero-order valence-electron chi connectivity index (χ0n) is 15.2. The Morgan fingerprint density at radius 1 is 0.750 bits per heavy atom. The van der Waals surface area contributed by atoms with Crippen LogP contribution in [0.1, 0.15) is 26.4 Å². The molecule has 3 rings (SSSR count). The van der Waals surface area contributed by atoms with Crippen LogP contribution in [0.5, 0.6) is 11.5 Å². The van der Waals surface area contributed by atoms with Crippen molar-refractivity contribution in [2.75, 3.05) is 14.2 Å². The molecular formula is C23H14BrNO2S. The lowest BCUT2D eigenvalue weighted by molar-refractivity contribution is 0.414. The average molecular weight is 448 g/mol. The van der Waals surface area contributed by atoms with Gasteiger partial charge in [0, 0.05) is 11.1 Å². The molecule has 0 spiro atoms. The number of nitrogens with zero attached hydrogens (tertiary/aromatic N) is 1. The fraction of sp³-hybridized carbons (Fsp3) is 0.0870. The molecule has 1 aromatic heterocycles. The molecule has 0 aliphatic carbocycles. The van der Waals surface area contributed by atoms with Gasteiger partial charge in [0.25, 0.3) is 0 Å². The quantitative estimate of drug-likeness (QED) is 0.507. The average Bonchev–Trinajstić information content (AvgIpc) is 3.05. The number of benzene rings is 2. The third-order valence-corrected chi connectivity index (χ3v) is 5.86. The van der Waals surface area contributed by atoms with E-state index in [1.807, 2.05) is 48.5 Å². The van der Waals surface area contributed by atoms with E-state index in [-0.39, 0.29) is 0 Å². The van der Waals surface area contributed by atoms with Crippen molar-refractivity contribution in [3.8, 4) is 41.2 Å². The lowest BCUT2D eigenvalue weighted by Crippen LogP contribution is -1.82. The number of hydrogen-bond donors (Lipinski definition) is 0. The molecule has 0 bridgehead atoms. The topological polar surface area (TPSA) is 42.2 Å². The second-order valence-corrected chi connectivity index (χ2v) is 7.33. The number of nitriles is 1. The van der Waals surface area contributed by atoms with Crippen molar-refractivity contribution in [3.63, 3.8) is 0 Å². The maximum absolute atomic E-state index is 9.50. The Balaban J connectivity index is 1.90. The summed E-state index contributed by atoms with van der Waals surface area (Å²) in [6, 6.07) is 17.2. The first-order chi connectivity index (χ1) is 13.6. The van der Waals surface area contributed by atoms with Gasteiger partial charge in [0.2, 0.25) is 0 Å². The smallest absolute Gasteiger partial charge is 0.118 e. The number of halogens is 1. The Hall–Kier alpha value is -3.17. The number of hydrogen-bond acceptors (Lipinski definition) is 4. The molecule has 0 N–H and O–H groups in total. The molecule has 5 heteroatoms. The molecular weight excluding hydrogens is 434 g/mol. The van der Waals surface area contributed by atoms with Crippen LogP contribution in [0.4, 0.5) is 0 Å². The monoisotopic (exact) mass is 447 g/mol. The van der Waals surface area contributed by atoms with Gasteiger partial charge in [0.05, 0.1) is 34.0 Å². The van der Waals surface area contributed by atoms with Gasteiger partial charge in [-0.25, -0.2) is 0 Å². The van der Waals surface area contributed by atoms with E-state index >= 15 is 0 Å². The van der Waals surface area contributed by atoms with Crippen LogP contribution in [0.2, 0.25) is 0 Å². The van der Waals surface area contributed by atoms with Gasteiger partial charge in [-0.2, -0.15) is 5.26 Å². The molecule has 0 atom stereocenters. The third-order valence-electron chi connectivity index (χ3n) is 3.78. The molecule has 0 aliphatic rings. The molecule has 1 heterocycles. The summed E-state index contributed by atoms with van der Waals surface area (Å²) >= 11 is 4.88. The van der Waals surface area contributed by atoms with Crippen molar-refractivity contribution in [1.29, 1.82) is 5.26 Å². The van der Waals surface area contributed by atoms with Crippen molar-refractivity contribution in [1.82, 2.24) is 0 Å². The van der Waals surface area contributed by atoms with Crippen molar-refractivity contribution >= 4 is 27.3 Å². The van der Waals surface area contributed by atoms with Crippen LogP contribution in [0, 0.1) is 35.0 Å². The Morgan fingerprint density at radius 3 is 1.64 bits per heavy atom. The highest BCUT2D eigenvalue weighted by Crippen LogP contribution is 2.32. The van der Waals surface area contributed by atoms with Crippen LogP contribution in [-0.4, -0.2) is 14.2 Å². The highest BCUT2D eigenvalue weighted by atomic mass is 79.9. The minimum absolute atomic E-state index is 0.505. The van der Waals surface area contributed by atoms with Gasteiger partial charge in [-0.15, -0.1) is 11.3 Å². The molecule has 0 amide bonds. The molecule has 2 aromatic carbocycles. The lowest BCUT2D eigenvalue weighted by atomic mass is 10.2. The summed E-state index contributed by atoms with van der Waals surface area (Å²) in [7, 11) is 3.25. The standard InChI is InChI=1S/C23H14BrNO2S/c1-26-18-9-3-16(4-10-18)7-13-21-20(15-25)23(24)22(28-21)14-8-17-5-11-19(27-2)12-6-17/h3-6,9-12H,1-2H3. The third kappa shape index (κ3) is 4.56. The molecule has 0 unspecified atom stereocenters. The number of rotatable bonds is 2. The predicted molar refractivity (Wildman–Crippen MR) is 115 cm³/mol. The zero-order chi connectivity index (χ0) is 19.9. The van der Waals surface area contributed by atoms with Crippen LogP contribution in [0.25, 0.3) is 0 Å². The van der Waals surface area contributed by atoms with E-state index in [2.05, 4.69) is 45.7 Å². The summed E-state index contributed by atoms with van der Waals surface area (Å²) in [5, 5.41) is 9.50. The SMILES string of the molecule is COc1ccc(C#Cc2sc(C#Cc3ccc(OC)cc3)c(C#N)c2Br)cc1. The van der Waals surface area contributed by atoms with E-state index in [4.69, 9.17) is 9.47 Å². The van der Waals surface area contributed by atoms with E-state index < -0.39 is 0 Å². The summed E-state index contributed by atoms with van der Waals surface area (Å²) in [5.41, 5.74) is 2.22. The van der Waals surface area contributed by atoms with Gasteiger partial charge in [0.15, 0.2) is 0 Å². The zero-order valence-corrected chi connectivity index (χ0v) is 17.6. The van der Waals surface area contributed by atoms with Crippen molar-refractivity contribution in [3.05, 3.63) is 79.4 Å². The van der Waals surface area contributed by atoms with Crippen LogP contribution in [0.15, 0.2) is 53.0 Å². The first-order valence-electron chi connectivity index (χ1n) is 8.19. The van der Waals surface area contributed by atoms with Gasteiger partial charge < -0.3 is 9.47 Å². The van der Waals surface area contributed by atoms with Crippen LogP contribution in [0.3, 0.4) is 0 Å². The molecule has 28 heavy (non-hydrogen) atoms. The number of thiophene rings is 1. The van der Waals surface area contributed by atoms with E-state index in [1.165, 1.54) is 11.3 Å². The van der Waals surface area contributed by atoms with Gasteiger partial charge in [-0.1, -0.05) is 11.8 Å². The minimum Gasteiger partial charge on any atom is -0.497 e. The fourth-order valence-corrected chi connectivity index (χ4v) is 3.90. The van der Waals surface area contributed by atoms with Gasteiger partial charge in [-0.05, 0) is 76.3 Å². The van der Waals surface area contributed by atoms with E-state index in [1.54, 1.807) is 14.2 Å². The molecule has 3 nitrogen and oxygen atoms in total. The largest absolute Gasteiger partial charge is 0.497 e. The summed E-state index contributed by atoms with van der Waals surface area (Å²) in [5.74, 6) is 14.0. The summed E-state index contributed by atoms with van der Waals surface area (Å²) in [6.45, 7) is 0. The minimum atomic E-state index is 0.505. The fourth-order valence-electron chi connectivity index (χ4n) is 2.29. The first-order valence-corrected chi connectivity index (χ1v) is 9.80. The Morgan fingerprint density at radius 2 is 1.21 bits per heavy atom. The van der Waals surface area contributed by atoms with Crippen molar-refractivity contribution < 1.29 is 9.47 Å². The molecule has 0 aliphatic heterocycles. The highest BCUT2D eigenvalue weighted by Gasteiger charge is 2.13. The van der Waals surface area contributed by atoms with E-state index in [0.717, 1.165) is 27.5 Å². The summed E-state index contributed by atoms with van der Waals surface area (Å²) in [4.78, 5) is 1.45. The highest BCUT2D eigenvalue weighted by molar-refractivity contribution is 9.10.